The van der Waals surface area contributed by atoms with Crippen molar-refractivity contribution in [1.29, 1.82) is 0 Å². The maximum Gasteiger partial charge on any atom is 0.337 e. The van der Waals surface area contributed by atoms with Gasteiger partial charge in [-0.25, -0.2) is 4.79 Å². The fourth-order valence-corrected chi connectivity index (χ4v) is 4.47. The van der Waals surface area contributed by atoms with Gasteiger partial charge in [0.2, 0.25) is 5.91 Å². The van der Waals surface area contributed by atoms with Crippen molar-refractivity contribution < 1.29 is 14.3 Å². The first kappa shape index (κ1) is 21.2. The molecule has 154 valence electrons. The Labute approximate surface area is 176 Å². The van der Waals surface area contributed by atoms with Crippen molar-refractivity contribution in [2.24, 2.45) is 5.73 Å². The Morgan fingerprint density at radius 3 is 2.38 bits per heavy atom. The number of esters is 1. The van der Waals surface area contributed by atoms with Gasteiger partial charge in [-0.3, -0.25) is 4.79 Å². The van der Waals surface area contributed by atoms with Gasteiger partial charge in [-0.1, -0.05) is 42.8 Å². The van der Waals surface area contributed by atoms with Crippen LogP contribution in [0.2, 0.25) is 5.02 Å². The van der Waals surface area contributed by atoms with Crippen molar-refractivity contribution in [3.8, 4) is 0 Å². The minimum absolute atomic E-state index is 0.174. The van der Waals surface area contributed by atoms with Crippen molar-refractivity contribution in [1.82, 2.24) is 0 Å². The number of hydrogen-bond acceptors (Lipinski definition) is 4. The Balaban J connectivity index is 1.99. The zero-order chi connectivity index (χ0) is 21.0. The Bertz CT molecular complexity index is 893. The smallest absolute Gasteiger partial charge is 0.337 e. The summed E-state index contributed by atoms with van der Waals surface area (Å²) in [5, 5.41) is 0.332. The van der Waals surface area contributed by atoms with Crippen molar-refractivity contribution in [2.75, 3.05) is 25.1 Å². The van der Waals surface area contributed by atoms with Crippen LogP contribution in [0, 0.1) is 0 Å². The van der Waals surface area contributed by atoms with E-state index in [1.165, 1.54) is 32.4 Å². The van der Waals surface area contributed by atoms with Gasteiger partial charge in [-0.05, 0) is 54.5 Å². The number of methoxy groups -OCH3 is 1. The van der Waals surface area contributed by atoms with Crippen LogP contribution >= 0.6 is 11.6 Å². The summed E-state index contributed by atoms with van der Waals surface area (Å²) in [4.78, 5) is 26.6. The number of ether oxygens (including phenoxy) is 1. The number of nitrogens with two attached hydrogens (primary N) is 1. The second-order valence-electron chi connectivity index (χ2n) is 7.50. The van der Waals surface area contributed by atoms with Gasteiger partial charge in [0.1, 0.15) is 0 Å². The molecular formula is C23H27ClN2O3. The van der Waals surface area contributed by atoms with Gasteiger partial charge in [0, 0.05) is 23.8 Å². The molecule has 3 rings (SSSR count). The molecule has 1 fully saturated rings. The first-order chi connectivity index (χ1) is 13.9. The van der Waals surface area contributed by atoms with E-state index in [0.717, 1.165) is 24.3 Å². The molecule has 1 saturated heterocycles. The number of primary amides is 1. The zero-order valence-electron chi connectivity index (χ0n) is 16.9. The average molecular weight is 415 g/mol. The van der Waals surface area contributed by atoms with Crippen LogP contribution in [0.4, 0.5) is 5.69 Å². The summed E-state index contributed by atoms with van der Waals surface area (Å²) in [7, 11) is 1.32. The highest BCUT2D eigenvalue weighted by molar-refractivity contribution is 6.32. The van der Waals surface area contributed by atoms with Gasteiger partial charge in [0.25, 0.3) is 0 Å². The lowest BCUT2D eigenvalue weighted by molar-refractivity contribution is -0.119. The molecule has 1 aliphatic heterocycles. The predicted molar refractivity (Wildman–Crippen MR) is 116 cm³/mol. The molecule has 0 aliphatic carbocycles. The van der Waals surface area contributed by atoms with Crippen LogP contribution in [0.25, 0.3) is 0 Å². The first-order valence-corrected chi connectivity index (χ1v) is 10.3. The Morgan fingerprint density at radius 1 is 1.07 bits per heavy atom. The summed E-state index contributed by atoms with van der Waals surface area (Å²) in [6.45, 7) is 4.03. The molecule has 0 bridgehead atoms. The van der Waals surface area contributed by atoms with E-state index in [9.17, 15) is 9.59 Å². The molecule has 0 aromatic heterocycles. The van der Waals surface area contributed by atoms with E-state index >= 15 is 0 Å². The summed E-state index contributed by atoms with van der Waals surface area (Å²) in [5.74, 6) is -1.71. The lowest BCUT2D eigenvalue weighted by Crippen LogP contribution is -2.32. The van der Waals surface area contributed by atoms with Crippen LogP contribution in [0.1, 0.15) is 59.5 Å². The highest BCUT2D eigenvalue weighted by Crippen LogP contribution is 2.40. The van der Waals surface area contributed by atoms with Gasteiger partial charge in [-0.15, -0.1) is 0 Å². The third-order valence-electron chi connectivity index (χ3n) is 5.69. The van der Waals surface area contributed by atoms with E-state index in [1.54, 1.807) is 12.1 Å². The van der Waals surface area contributed by atoms with E-state index in [0.29, 0.717) is 16.1 Å². The minimum Gasteiger partial charge on any atom is -0.465 e. The highest BCUT2D eigenvalue weighted by atomic mass is 35.5. The van der Waals surface area contributed by atoms with Gasteiger partial charge < -0.3 is 15.4 Å². The number of rotatable bonds is 6. The molecule has 0 spiro atoms. The molecule has 6 heteroatoms. The van der Waals surface area contributed by atoms with Crippen molar-refractivity contribution in [3.63, 3.8) is 0 Å². The van der Waals surface area contributed by atoms with Gasteiger partial charge in [-0.2, -0.15) is 0 Å². The second kappa shape index (κ2) is 9.31. The van der Waals surface area contributed by atoms with Crippen molar-refractivity contribution in [2.45, 2.75) is 38.0 Å². The maximum absolute atomic E-state index is 12.5. The topological polar surface area (TPSA) is 72.6 Å². The monoisotopic (exact) mass is 414 g/mol. The number of carbonyl (C=O) groups excluding carboxylic acids is 2. The number of nitrogens with zero attached hydrogens (tertiary/aromatic N) is 1. The quantitative estimate of drug-likeness (QED) is 0.707. The van der Waals surface area contributed by atoms with Crippen LogP contribution in [-0.4, -0.2) is 32.1 Å². The van der Waals surface area contributed by atoms with Crippen molar-refractivity contribution in [3.05, 3.63) is 64.2 Å². The van der Waals surface area contributed by atoms with Crippen LogP contribution < -0.4 is 10.6 Å². The van der Waals surface area contributed by atoms with Crippen LogP contribution in [-0.2, 0) is 9.53 Å². The van der Waals surface area contributed by atoms with Crippen molar-refractivity contribution >= 4 is 29.2 Å². The molecule has 1 amide bonds. The number of hydrogen-bond donors (Lipinski definition) is 1. The van der Waals surface area contributed by atoms with Crippen LogP contribution in [0.15, 0.2) is 42.5 Å². The fourth-order valence-electron chi connectivity index (χ4n) is 4.17. The molecule has 2 atom stereocenters. The standard InChI is InChI=1S/C23H27ClN2O3/c1-15(17-8-4-5-9-20(17)26-12-6-3-7-13-26)21(22(25)27)18-11-10-16(14-19(18)24)23(28)29-2/h4-5,8-11,14-15,21H,3,6-7,12-13H2,1-2H3,(H2,25,27). The maximum atomic E-state index is 12.5. The van der Waals surface area contributed by atoms with Crippen LogP contribution in [0.5, 0.6) is 0 Å². The molecular weight excluding hydrogens is 388 g/mol. The molecule has 5 nitrogen and oxygen atoms in total. The normalized spacial score (nSPS) is 16.2. The molecule has 2 unspecified atom stereocenters. The van der Waals surface area contributed by atoms with E-state index < -0.39 is 17.8 Å². The number of amides is 1. The molecule has 2 N–H and O–H groups in total. The summed E-state index contributed by atoms with van der Waals surface area (Å²) in [5.41, 5.74) is 9.00. The third-order valence-corrected chi connectivity index (χ3v) is 6.01. The molecule has 1 aliphatic rings. The zero-order valence-corrected chi connectivity index (χ0v) is 17.6. The molecule has 2 aromatic rings. The lowest BCUT2D eigenvalue weighted by atomic mass is 9.81. The summed E-state index contributed by atoms with van der Waals surface area (Å²) in [6, 6.07) is 13.0. The number of halogens is 1. The molecule has 1 heterocycles. The Hall–Kier alpha value is -2.53. The molecule has 0 saturated carbocycles. The van der Waals surface area contributed by atoms with Gasteiger partial charge >= 0.3 is 5.97 Å². The van der Waals surface area contributed by atoms with Crippen LogP contribution in [0.3, 0.4) is 0 Å². The van der Waals surface area contributed by atoms with E-state index in [-0.39, 0.29) is 5.92 Å². The minimum atomic E-state index is -0.611. The van der Waals surface area contributed by atoms with Gasteiger partial charge in [0.05, 0.1) is 18.6 Å². The summed E-state index contributed by atoms with van der Waals surface area (Å²) in [6.07, 6.45) is 3.59. The van der Waals surface area contributed by atoms with E-state index in [1.807, 2.05) is 19.1 Å². The number of benzene rings is 2. The SMILES string of the molecule is COC(=O)c1ccc(C(C(N)=O)C(C)c2ccccc2N2CCCCC2)c(Cl)c1. The number of carbonyl (C=O) groups is 2. The summed E-state index contributed by atoms with van der Waals surface area (Å²) >= 11 is 6.46. The molecule has 29 heavy (non-hydrogen) atoms. The number of anilines is 1. The number of piperidine rings is 1. The number of para-hydroxylation sites is 1. The highest BCUT2D eigenvalue weighted by Gasteiger charge is 2.31. The molecule has 0 radical (unpaired) electrons. The fraction of sp³-hybridized carbons (Fsp3) is 0.391. The second-order valence-corrected chi connectivity index (χ2v) is 7.91. The largest absolute Gasteiger partial charge is 0.465 e. The Morgan fingerprint density at radius 2 is 1.76 bits per heavy atom. The first-order valence-electron chi connectivity index (χ1n) is 9.95. The van der Waals surface area contributed by atoms with E-state index in [2.05, 4.69) is 17.0 Å². The lowest BCUT2D eigenvalue weighted by Gasteiger charge is -2.33. The Kier molecular flexibility index (Phi) is 6.80. The third kappa shape index (κ3) is 4.56. The predicted octanol–water partition coefficient (Wildman–Crippen LogP) is 4.49. The van der Waals surface area contributed by atoms with Gasteiger partial charge in [0.15, 0.2) is 0 Å². The summed E-state index contributed by atoms with van der Waals surface area (Å²) < 4.78 is 4.74. The average Bonchev–Trinajstić information content (AvgIpc) is 2.74. The van der Waals surface area contributed by atoms with E-state index in [4.69, 9.17) is 22.1 Å². The molecule has 2 aromatic carbocycles.